The van der Waals surface area contributed by atoms with Gasteiger partial charge in [0.15, 0.2) is 0 Å². The van der Waals surface area contributed by atoms with Gasteiger partial charge in [0.2, 0.25) is 0 Å². The molecule has 3 saturated carbocycles. The number of hydrogen-bond donors (Lipinski definition) is 0. The monoisotopic (exact) mass is 374 g/mol. The maximum atomic E-state index is 11.6. The highest BCUT2D eigenvalue weighted by molar-refractivity contribution is 5.66. The van der Waals surface area contributed by atoms with E-state index in [1.54, 1.807) is 12.5 Å². The van der Waals surface area contributed by atoms with Crippen LogP contribution in [0.15, 0.2) is 11.6 Å². The second-order valence-electron chi connectivity index (χ2n) is 10.8. The van der Waals surface area contributed by atoms with Crippen LogP contribution >= 0.6 is 0 Å². The van der Waals surface area contributed by atoms with Crippen molar-refractivity contribution in [1.82, 2.24) is 0 Å². The van der Waals surface area contributed by atoms with Crippen LogP contribution in [-0.2, 0) is 14.3 Å². The predicted molar refractivity (Wildman–Crippen MR) is 107 cm³/mol. The zero-order valence-corrected chi connectivity index (χ0v) is 18.0. The fraction of sp³-hybridized carbons (Fsp3) is 0.875. The van der Waals surface area contributed by atoms with Gasteiger partial charge in [0, 0.05) is 24.9 Å². The highest BCUT2D eigenvalue weighted by atomic mass is 16.5. The van der Waals surface area contributed by atoms with Crippen LogP contribution in [-0.4, -0.2) is 25.8 Å². The maximum absolute atomic E-state index is 11.6. The lowest BCUT2D eigenvalue weighted by atomic mass is 9.46. The van der Waals surface area contributed by atoms with Gasteiger partial charge < -0.3 is 9.47 Å². The van der Waals surface area contributed by atoms with Gasteiger partial charge in [0.25, 0.3) is 0 Å². The van der Waals surface area contributed by atoms with Crippen molar-refractivity contribution in [2.24, 2.45) is 34.0 Å². The van der Waals surface area contributed by atoms with Gasteiger partial charge >= 0.3 is 5.97 Å². The minimum absolute atomic E-state index is 0.102. The van der Waals surface area contributed by atoms with Crippen molar-refractivity contribution in [3.63, 3.8) is 0 Å². The standard InChI is InChI=1S/C24H38O3/c1-16(25)27-21-9-8-19-18-7-6-17-14-22(2,15-26-5)12-13-23(17,3)20(18)10-11-24(19,21)4/h14,18-21H,6-13,15H2,1-5H3. The van der Waals surface area contributed by atoms with E-state index in [2.05, 4.69) is 26.8 Å². The number of rotatable bonds is 3. The Kier molecular flexibility index (Phi) is 4.77. The number of esters is 1. The smallest absolute Gasteiger partial charge is 0.302 e. The van der Waals surface area contributed by atoms with Gasteiger partial charge in [-0.3, -0.25) is 4.79 Å². The van der Waals surface area contributed by atoms with Crippen molar-refractivity contribution in [2.75, 3.05) is 13.7 Å². The van der Waals surface area contributed by atoms with Gasteiger partial charge in [-0.05, 0) is 74.5 Å². The van der Waals surface area contributed by atoms with Crippen molar-refractivity contribution < 1.29 is 14.3 Å². The first-order valence-corrected chi connectivity index (χ1v) is 11.1. The average molecular weight is 375 g/mol. The fourth-order valence-corrected chi connectivity index (χ4v) is 7.74. The van der Waals surface area contributed by atoms with E-state index in [4.69, 9.17) is 9.47 Å². The summed E-state index contributed by atoms with van der Waals surface area (Å²) in [4.78, 5) is 11.6. The number of ether oxygens (including phenoxy) is 2. The lowest BCUT2D eigenvalue weighted by Gasteiger charge is -2.59. The second-order valence-corrected chi connectivity index (χ2v) is 10.8. The van der Waals surface area contributed by atoms with Gasteiger partial charge in [0.1, 0.15) is 6.10 Å². The van der Waals surface area contributed by atoms with Crippen molar-refractivity contribution in [3.8, 4) is 0 Å². The van der Waals surface area contributed by atoms with E-state index in [0.29, 0.717) is 5.41 Å². The minimum Gasteiger partial charge on any atom is -0.462 e. The molecule has 0 N–H and O–H groups in total. The molecular weight excluding hydrogens is 336 g/mol. The van der Waals surface area contributed by atoms with Crippen LogP contribution in [0.5, 0.6) is 0 Å². The molecule has 3 nitrogen and oxygen atoms in total. The Morgan fingerprint density at radius 1 is 1.07 bits per heavy atom. The van der Waals surface area contributed by atoms with Crippen molar-refractivity contribution in [1.29, 1.82) is 0 Å². The quantitative estimate of drug-likeness (QED) is 0.481. The van der Waals surface area contributed by atoms with E-state index in [9.17, 15) is 4.79 Å². The van der Waals surface area contributed by atoms with Crippen LogP contribution in [0.3, 0.4) is 0 Å². The number of methoxy groups -OCH3 is 1. The first kappa shape index (κ1) is 19.5. The lowest BCUT2D eigenvalue weighted by Crippen LogP contribution is -2.52. The molecule has 7 atom stereocenters. The van der Waals surface area contributed by atoms with Crippen LogP contribution in [0.2, 0.25) is 0 Å². The zero-order chi connectivity index (χ0) is 19.4. The number of carbonyl (C=O) groups is 1. The largest absolute Gasteiger partial charge is 0.462 e. The zero-order valence-electron chi connectivity index (χ0n) is 18.0. The van der Waals surface area contributed by atoms with Gasteiger partial charge in [-0.2, -0.15) is 0 Å². The predicted octanol–water partition coefficient (Wildman–Crippen LogP) is 5.53. The van der Waals surface area contributed by atoms with E-state index >= 15 is 0 Å². The molecule has 0 aromatic rings. The highest BCUT2D eigenvalue weighted by Crippen LogP contribution is 2.66. The van der Waals surface area contributed by atoms with E-state index in [1.165, 1.54) is 44.9 Å². The Balaban J connectivity index is 1.59. The van der Waals surface area contributed by atoms with Crippen molar-refractivity contribution >= 4 is 5.97 Å². The Morgan fingerprint density at radius 3 is 2.56 bits per heavy atom. The molecule has 0 aliphatic heterocycles. The van der Waals surface area contributed by atoms with Crippen LogP contribution in [0, 0.1) is 34.0 Å². The molecule has 3 fully saturated rings. The first-order chi connectivity index (χ1) is 12.7. The molecule has 27 heavy (non-hydrogen) atoms. The van der Waals surface area contributed by atoms with E-state index in [-0.39, 0.29) is 22.9 Å². The molecule has 3 heteroatoms. The Hall–Kier alpha value is -0.830. The molecule has 4 rings (SSSR count). The molecule has 0 saturated heterocycles. The SMILES string of the molecule is COCC1(C)C=C2CCC3C(CCC4(C)C(OC(C)=O)CCC34)C2(C)CC1. The van der Waals surface area contributed by atoms with Gasteiger partial charge in [-0.25, -0.2) is 0 Å². The van der Waals surface area contributed by atoms with Gasteiger partial charge in [-0.15, -0.1) is 0 Å². The molecule has 0 spiro atoms. The molecule has 0 heterocycles. The van der Waals surface area contributed by atoms with Crippen molar-refractivity contribution in [3.05, 3.63) is 11.6 Å². The lowest BCUT2D eigenvalue weighted by molar-refractivity contribution is -0.157. The van der Waals surface area contributed by atoms with Crippen LogP contribution < -0.4 is 0 Å². The third-order valence-corrected chi connectivity index (χ3v) is 9.17. The summed E-state index contributed by atoms with van der Waals surface area (Å²) in [5.74, 6) is 2.23. The molecular formula is C24H38O3. The number of fused-ring (bicyclic) bond motifs is 5. The summed E-state index contributed by atoms with van der Waals surface area (Å²) < 4.78 is 11.3. The maximum Gasteiger partial charge on any atom is 0.302 e. The third kappa shape index (κ3) is 2.99. The fourth-order valence-electron chi connectivity index (χ4n) is 7.74. The first-order valence-electron chi connectivity index (χ1n) is 11.1. The molecule has 0 bridgehead atoms. The normalized spacial score (nSPS) is 48.9. The van der Waals surface area contributed by atoms with Gasteiger partial charge in [-0.1, -0.05) is 32.4 Å². The molecule has 152 valence electrons. The minimum atomic E-state index is -0.102. The summed E-state index contributed by atoms with van der Waals surface area (Å²) in [7, 11) is 1.83. The van der Waals surface area contributed by atoms with Gasteiger partial charge in [0.05, 0.1) is 6.61 Å². The summed E-state index contributed by atoms with van der Waals surface area (Å²) in [5, 5.41) is 0. The van der Waals surface area contributed by atoms with Crippen LogP contribution in [0.25, 0.3) is 0 Å². The molecule has 4 aliphatic rings. The molecule has 0 aromatic heterocycles. The number of carbonyl (C=O) groups excluding carboxylic acids is 1. The van der Waals surface area contributed by atoms with E-state index < -0.39 is 0 Å². The van der Waals surface area contributed by atoms with E-state index in [0.717, 1.165) is 30.8 Å². The summed E-state index contributed by atoms with van der Waals surface area (Å²) in [5.41, 5.74) is 2.50. The average Bonchev–Trinajstić information content (AvgIpc) is 2.92. The summed E-state index contributed by atoms with van der Waals surface area (Å²) in [6, 6.07) is 0. The summed E-state index contributed by atoms with van der Waals surface area (Å²) in [6.45, 7) is 9.75. The second kappa shape index (κ2) is 6.61. The topological polar surface area (TPSA) is 35.5 Å². The van der Waals surface area contributed by atoms with E-state index in [1.807, 2.05) is 7.11 Å². The molecule has 0 aromatic carbocycles. The van der Waals surface area contributed by atoms with Crippen LogP contribution in [0.1, 0.15) is 79.1 Å². The Labute approximate surface area is 165 Å². The number of hydrogen-bond acceptors (Lipinski definition) is 3. The number of allylic oxidation sites excluding steroid dienone is 1. The highest BCUT2D eigenvalue weighted by Gasteiger charge is 2.60. The summed E-state index contributed by atoms with van der Waals surface area (Å²) >= 11 is 0. The van der Waals surface area contributed by atoms with Crippen LogP contribution in [0.4, 0.5) is 0 Å². The molecule has 7 unspecified atom stereocenters. The summed E-state index contributed by atoms with van der Waals surface area (Å²) in [6.07, 6.45) is 12.7. The molecule has 0 amide bonds. The Bertz CT molecular complexity index is 640. The van der Waals surface area contributed by atoms with Crippen molar-refractivity contribution in [2.45, 2.75) is 85.2 Å². The molecule has 0 radical (unpaired) electrons. The molecule has 4 aliphatic carbocycles. The Morgan fingerprint density at radius 2 is 1.85 bits per heavy atom. The third-order valence-electron chi connectivity index (χ3n) is 9.17.